The highest BCUT2D eigenvalue weighted by Gasteiger charge is 2.16. The van der Waals surface area contributed by atoms with Crippen molar-refractivity contribution < 1.29 is 4.79 Å². The first-order valence-corrected chi connectivity index (χ1v) is 3.86. The Morgan fingerprint density at radius 3 is 2.73 bits per heavy atom. The number of allylic oxidation sites excluding steroid dienone is 1. The van der Waals surface area contributed by atoms with E-state index < -0.39 is 0 Å². The first-order chi connectivity index (χ1) is 5.13. The van der Waals surface area contributed by atoms with Crippen LogP contribution in [0.4, 0.5) is 0 Å². The molecule has 0 atom stereocenters. The van der Waals surface area contributed by atoms with Crippen LogP contribution in [0.2, 0.25) is 0 Å². The minimum Gasteiger partial charge on any atom is -0.277 e. The van der Waals surface area contributed by atoms with Crippen molar-refractivity contribution in [1.82, 2.24) is 5.01 Å². The lowest BCUT2D eigenvalue weighted by Crippen LogP contribution is -2.37. The molecule has 0 aromatic carbocycles. The molecule has 0 saturated carbocycles. The fourth-order valence-corrected chi connectivity index (χ4v) is 1.20. The van der Waals surface area contributed by atoms with E-state index in [-0.39, 0.29) is 5.91 Å². The second-order valence-electron chi connectivity index (χ2n) is 3.01. The SMILES string of the molecule is CC1=C(C)C(=O)N(N)CCC1. The Bertz CT molecular complexity index is 208. The van der Waals surface area contributed by atoms with Gasteiger partial charge in [0.2, 0.25) is 0 Å². The molecule has 2 N–H and O–H groups in total. The molecule has 1 rings (SSSR count). The second-order valence-corrected chi connectivity index (χ2v) is 3.01. The number of amides is 1. The maximum absolute atomic E-state index is 11.3. The van der Waals surface area contributed by atoms with Gasteiger partial charge in [0.15, 0.2) is 0 Å². The van der Waals surface area contributed by atoms with Gasteiger partial charge in [0.1, 0.15) is 0 Å². The fraction of sp³-hybridized carbons (Fsp3) is 0.625. The lowest BCUT2D eigenvalue weighted by molar-refractivity contribution is -0.127. The van der Waals surface area contributed by atoms with Gasteiger partial charge in [-0.05, 0) is 26.7 Å². The van der Waals surface area contributed by atoms with Crippen LogP contribution in [0.25, 0.3) is 0 Å². The first-order valence-electron chi connectivity index (χ1n) is 3.86. The van der Waals surface area contributed by atoms with Crippen LogP contribution in [0.5, 0.6) is 0 Å². The average Bonchev–Trinajstić information content (AvgIpc) is 2.07. The minimum atomic E-state index is -0.0278. The number of carbonyl (C=O) groups is 1. The molecule has 0 aromatic rings. The van der Waals surface area contributed by atoms with E-state index in [1.165, 1.54) is 10.6 Å². The van der Waals surface area contributed by atoms with E-state index in [4.69, 9.17) is 5.84 Å². The van der Waals surface area contributed by atoms with Crippen LogP contribution < -0.4 is 5.84 Å². The molecule has 0 aromatic heterocycles. The quantitative estimate of drug-likeness (QED) is 0.414. The van der Waals surface area contributed by atoms with E-state index in [9.17, 15) is 4.79 Å². The van der Waals surface area contributed by atoms with Crippen LogP contribution in [0.3, 0.4) is 0 Å². The minimum absolute atomic E-state index is 0.0278. The van der Waals surface area contributed by atoms with E-state index in [0.717, 1.165) is 18.4 Å². The van der Waals surface area contributed by atoms with Gasteiger partial charge in [-0.2, -0.15) is 0 Å². The Hall–Kier alpha value is -0.830. The molecule has 0 radical (unpaired) electrons. The number of carbonyl (C=O) groups excluding carboxylic acids is 1. The van der Waals surface area contributed by atoms with Crippen molar-refractivity contribution in [2.45, 2.75) is 26.7 Å². The van der Waals surface area contributed by atoms with Crippen molar-refractivity contribution in [2.75, 3.05) is 6.54 Å². The Morgan fingerprint density at radius 1 is 1.45 bits per heavy atom. The van der Waals surface area contributed by atoms with Gasteiger partial charge in [-0.1, -0.05) is 5.57 Å². The molecule has 3 nitrogen and oxygen atoms in total. The van der Waals surface area contributed by atoms with Crippen molar-refractivity contribution in [2.24, 2.45) is 5.84 Å². The van der Waals surface area contributed by atoms with Gasteiger partial charge in [-0.3, -0.25) is 9.80 Å². The van der Waals surface area contributed by atoms with Gasteiger partial charge in [0, 0.05) is 12.1 Å². The molecule has 0 saturated heterocycles. The van der Waals surface area contributed by atoms with E-state index in [1.807, 2.05) is 13.8 Å². The number of nitrogens with zero attached hydrogens (tertiary/aromatic N) is 1. The van der Waals surface area contributed by atoms with Crippen LogP contribution in [0.1, 0.15) is 26.7 Å². The van der Waals surface area contributed by atoms with Gasteiger partial charge in [0.25, 0.3) is 5.91 Å². The van der Waals surface area contributed by atoms with Gasteiger partial charge < -0.3 is 0 Å². The molecule has 1 heterocycles. The molecule has 0 spiro atoms. The average molecular weight is 154 g/mol. The van der Waals surface area contributed by atoms with Gasteiger partial charge in [-0.25, -0.2) is 5.84 Å². The molecular weight excluding hydrogens is 140 g/mol. The molecule has 62 valence electrons. The molecule has 3 heteroatoms. The summed E-state index contributed by atoms with van der Waals surface area (Å²) in [6.07, 6.45) is 1.97. The zero-order valence-electron chi connectivity index (χ0n) is 7.05. The summed E-state index contributed by atoms with van der Waals surface area (Å²) in [4.78, 5) is 11.3. The predicted molar refractivity (Wildman–Crippen MR) is 43.5 cm³/mol. The monoisotopic (exact) mass is 154 g/mol. The first kappa shape index (κ1) is 8.27. The van der Waals surface area contributed by atoms with Crippen molar-refractivity contribution >= 4 is 5.91 Å². The fourth-order valence-electron chi connectivity index (χ4n) is 1.20. The molecule has 11 heavy (non-hydrogen) atoms. The highest BCUT2D eigenvalue weighted by atomic mass is 16.2. The highest BCUT2D eigenvalue weighted by Crippen LogP contribution is 2.15. The van der Waals surface area contributed by atoms with Crippen molar-refractivity contribution in [3.05, 3.63) is 11.1 Å². The van der Waals surface area contributed by atoms with E-state index in [2.05, 4.69) is 0 Å². The van der Waals surface area contributed by atoms with Gasteiger partial charge in [-0.15, -0.1) is 0 Å². The third-order valence-corrected chi connectivity index (χ3v) is 2.17. The lowest BCUT2D eigenvalue weighted by atomic mass is 10.1. The third kappa shape index (κ3) is 1.60. The second kappa shape index (κ2) is 3.05. The summed E-state index contributed by atoms with van der Waals surface area (Å²) in [7, 11) is 0. The zero-order chi connectivity index (χ0) is 8.43. The molecule has 1 aliphatic heterocycles. The number of hydrogen-bond acceptors (Lipinski definition) is 2. The molecule has 0 fully saturated rings. The van der Waals surface area contributed by atoms with E-state index >= 15 is 0 Å². The Kier molecular flexibility index (Phi) is 2.29. The zero-order valence-corrected chi connectivity index (χ0v) is 7.05. The largest absolute Gasteiger partial charge is 0.277 e. The van der Waals surface area contributed by atoms with Crippen LogP contribution in [0, 0.1) is 0 Å². The molecule has 0 bridgehead atoms. The van der Waals surface area contributed by atoms with Crippen LogP contribution in [-0.2, 0) is 4.79 Å². The Labute approximate surface area is 66.8 Å². The molecule has 0 aliphatic carbocycles. The molecule has 1 amide bonds. The van der Waals surface area contributed by atoms with Crippen molar-refractivity contribution in [3.63, 3.8) is 0 Å². The number of rotatable bonds is 0. The maximum atomic E-state index is 11.3. The number of hydrogen-bond donors (Lipinski definition) is 1. The lowest BCUT2D eigenvalue weighted by Gasteiger charge is -2.13. The molecule has 0 unspecified atom stereocenters. The summed E-state index contributed by atoms with van der Waals surface area (Å²) in [5, 5.41) is 1.30. The van der Waals surface area contributed by atoms with E-state index in [1.54, 1.807) is 0 Å². The summed E-state index contributed by atoms with van der Waals surface area (Å²) in [5.74, 6) is 5.45. The number of hydrazine groups is 1. The Balaban J connectivity index is 2.87. The standard InChI is InChI=1S/C8H14N2O/c1-6-4-3-5-10(9)8(11)7(6)2/h3-5,9H2,1-2H3. The van der Waals surface area contributed by atoms with Crippen LogP contribution in [0.15, 0.2) is 11.1 Å². The third-order valence-electron chi connectivity index (χ3n) is 2.17. The van der Waals surface area contributed by atoms with Crippen molar-refractivity contribution in [3.8, 4) is 0 Å². The molecule has 1 aliphatic rings. The van der Waals surface area contributed by atoms with E-state index in [0.29, 0.717) is 6.54 Å². The summed E-state index contributed by atoms with van der Waals surface area (Å²) in [6.45, 7) is 4.50. The topological polar surface area (TPSA) is 46.3 Å². The number of nitrogens with two attached hydrogens (primary N) is 1. The van der Waals surface area contributed by atoms with Gasteiger partial charge in [0.05, 0.1) is 0 Å². The maximum Gasteiger partial charge on any atom is 0.263 e. The smallest absolute Gasteiger partial charge is 0.263 e. The summed E-state index contributed by atoms with van der Waals surface area (Å²) in [5.41, 5.74) is 1.98. The summed E-state index contributed by atoms with van der Waals surface area (Å²) in [6, 6.07) is 0. The van der Waals surface area contributed by atoms with Crippen molar-refractivity contribution in [1.29, 1.82) is 0 Å². The van der Waals surface area contributed by atoms with Crippen LogP contribution in [-0.4, -0.2) is 17.5 Å². The highest BCUT2D eigenvalue weighted by molar-refractivity contribution is 5.93. The predicted octanol–water partition coefficient (Wildman–Crippen LogP) is 0.819. The van der Waals surface area contributed by atoms with Crippen LogP contribution >= 0.6 is 0 Å². The normalized spacial score (nSPS) is 20.6. The molecular formula is C8H14N2O. The summed E-state index contributed by atoms with van der Waals surface area (Å²) >= 11 is 0. The van der Waals surface area contributed by atoms with Gasteiger partial charge >= 0.3 is 0 Å². The Morgan fingerprint density at radius 2 is 2.09 bits per heavy atom. The summed E-state index contributed by atoms with van der Waals surface area (Å²) < 4.78 is 0.